The second-order valence-electron chi connectivity index (χ2n) is 2.17. The van der Waals surface area contributed by atoms with Gasteiger partial charge in [-0.1, -0.05) is 5.04 Å². The lowest BCUT2D eigenvalue weighted by Gasteiger charge is -2.26. The number of hydrogen-bond acceptors (Lipinski definition) is 5. The third-order valence-corrected chi connectivity index (χ3v) is 1.31. The molecule has 7 nitrogen and oxygen atoms in total. The highest BCUT2D eigenvalue weighted by Crippen LogP contribution is 2.21. The lowest BCUT2D eigenvalue weighted by Crippen LogP contribution is -2.41. The van der Waals surface area contributed by atoms with Gasteiger partial charge in [0.2, 0.25) is 6.29 Å². The zero-order valence-corrected chi connectivity index (χ0v) is 5.80. The van der Waals surface area contributed by atoms with E-state index in [1.165, 1.54) is 0 Å². The molecule has 0 radical (unpaired) electrons. The number of rotatable bonds is 4. The van der Waals surface area contributed by atoms with Gasteiger partial charge >= 0.3 is 11.9 Å². The maximum Gasteiger partial charge on any atom is 0.312 e. The molecule has 1 rings (SSSR count). The molecule has 0 spiro atoms. The molecule has 0 saturated carbocycles. The fourth-order valence-electron chi connectivity index (χ4n) is 0.707. The van der Waals surface area contributed by atoms with E-state index >= 15 is 0 Å². The van der Waals surface area contributed by atoms with Crippen LogP contribution in [0, 0.1) is 5.92 Å². The van der Waals surface area contributed by atoms with Gasteiger partial charge in [-0.3, -0.25) is 9.59 Å². The summed E-state index contributed by atoms with van der Waals surface area (Å²) in [4.78, 5) is 28.9. The topological polar surface area (TPSA) is 102 Å². The predicted octanol–water partition coefficient (Wildman–Crippen LogP) is -0.619. The van der Waals surface area contributed by atoms with E-state index in [9.17, 15) is 9.59 Å². The van der Waals surface area contributed by atoms with Crippen LogP contribution in [0.1, 0.15) is 6.42 Å². The highest BCUT2D eigenvalue weighted by molar-refractivity contribution is 5.78. The Morgan fingerprint density at radius 2 is 1.92 bits per heavy atom. The number of aliphatic carboxylic acids is 2. The van der Waals surface area contributed by atoms with Gasteiger partial charge in [0.15, 0.2) is 0 Å². The van der Waals surface area contributed by atoms with Crippen LogP contribution in [0.15, 0.2) is 0 Å². The summed E-state index contributed by atoms with van der Waals surface area (Å²) in [5.41, 5.74) is 0. The standard InChI is InChI=1S/C5H6O7/c6-3(7)1-2(4(8)9)5-10-12-11-5/h2,5H,1H2,(H,6,7)(H,8,9). The summed E-state index contributed by atoms with van der Waals surface area (Å²) in [5, 5.41) is 20.6. The second-order valence-corrected chi connectivity index (χ2v) is 2.17. The van der Waals surface area contributed by atoms with Crippen molar-refractivity contribution in [3.8, 4) is 0 Å². The molecule has 1 unspecified atom stereocenters. The average molecular weight is 178 g/mol. The van der Waals surface area contributed by atoms with E-state index in [4.69, 9.17) is 10.2 Å². The van der Waals surface area contributed by atoms with Gasteiger partial charge in [-0.05, 0) is 0 Å². The summed E-state index contributed by atoms with van der Waals surface area (Å²) in [7, 11) is 0. The lowest BCUT2D eigenvalue weighted by atomic mass is 10.1. The Bertz CT molecular complexity index is 196. The van der Waals surface area contributed by atoms with Crippen LogP contribution in [0.25, 0.3) is 0 Å². The smallest absolute Gasteiger partial charge is 0.312 e. The molecule has 0 aromatic carbocycles. The van der Waals surface area contributed by atoms with Crippen molar-refractivity contribution >= 4 is 11.9 Å². The van der Waals surface area contributed by atoms with Gasteiger partial charge in [-0.2, -0.15) is 9.78 Å². The maximum atomic E-state index is 10.4. The van der Waals surface area contributed by atoms with Gasteiger partial charge < -0.3 is 10.2 Å². The third-order valence-electron chi connectivity index (χ3n) is 1.31. The van der Waals surface area contributed by atoms with Crippen LogP contribution in [-0.2, 0) is 24.4 Å². The van der Waals surface area contributed by atoms with Crippen molar-refractivity contribution in [3.05, 3.63) is 0 Å². The quantitative estimate of drug-likeness (QED) is 0.553. The Labute approximate surface area is 66.3 Å². The van der Waals surface area contributed by atoms with Crippen molar-refractivity contribution in [2.45, 2.75) is 12.7 Å². The Morgan fingerprint density at radius 1 is 1.33 bits per heavy atom. The number of carboxylic acids is 2. The molecule has 0 bridgehead atoms. The molecule has 1 aliphatic rings. The van der Waals surface area contributed by atoms with E-state index in [0.717, 1.165) is 0 Å². The molecule has 1 heterocycles. The second kappa shape index (κ2) is 3.48. The summed E-state index contributed by atoms with van der Waals surface area (Å²) in [6.07, 6.45) is -1.69. The molecule has 1 atom stereocenters. The van der Waals surface area contributed by atoms with Crippen molar-refractivity contribution in [2.75, 3.05) is 0 Å². The van der Waals surface area contributed by atoms with Crippen LogP contribution in [0.3, 0.4) is 0 Å². The van der Waals surface area contributed by atoms with Crippen molar-refractivity contribution in [3.63, 3.8) is 0 Å². The Hall–Kier alpha value is -1.18. The van der Waals surface area contributed by atoms with Gasteiger partial charge in [0, 0.05) is 0 Å². The highest BCUT2D eigenvalue weighted by Gasteiger charge is 2.39. The molecule has 68 valence electrons. The van der Waals surface area contributed by atoms with Gasteiger partial charge in [0.05, 0.1) is 6.42 Å². The van der Waals surface area contributed by atoms with Crippen molar-refractivity contribution in [1.29, 1.82) is 0 Å². The molecular formula is C5H6O7. The van der Waals surface area contributed by atoms with Crippen LogP contribution in [0.4, 0.5) is 0 Å². The minimum absolute atomic E-state index is 0.566. The summed E-state index contributed by atoms with van der Waals surface area (Å²) >= 11 is 0. The fraction of sp³-hybridized carbons (Fsp3) is 0.600. The Balaban J connectivity index is 2.48. The van der Waals surface area contributed by atoms with Crippen LogP contribution < -0.4 is 0 Å². The third kappa shape index (κ3) is 1.91. The number of carbonyl (C=O) groups is 2. The molecule has 0 amide bonds. The van der Waals surface area contributed by atoms with E-state index in [1.54, 1.807) is 0 Å². The number of hydrogen-bond donors (Lipinski definition) is 2. The van der Waals surface area contributed by atoms with Gasteiger partial charge in [0.25, 0.3) is 0 Å². The van der Waals surface area contributed by atoms with Gasteiger partial charge in [0.1, 0.15) is 5.92 Å². The molecular weight excluding hydrogens is 172 g/mol. The largest absolute Gasteiger partial charge is 0.481 e. The van der Waals surface area contributed by atoms with Crippen molar-refractivity contribution in [2.24, 2.45) is 5.92 Å². The molecule has 0 aromatic heterocycles. The Kier molecular flexibility index (Phi) is 2.58. The monoisotopic (exact) mass is 178 g/mol. The number of carboxylic acid groups (broad SMARTS) is 2. The molecule has 1 saturated heterocycles. The fourth-order valence-corrected chi connectivity index (χ4v) is 0.707. The predicted molar refractivity (Wildman–Crippen MR) is 30.4 cm³/mol. The lowest BCUT2D eigenvalue weighted by molar-refractivity contribution is -0.695. The van der Waals surface area contributed by atoms with E-state index in [0.29, 0.717) is 0 Å². The van der Waals surface area contributed by atoms with Gasteiger partial charge in [-0.15, -0.1) is 0 Å². The van der Waals surface area contributed by atoms with Crippen molar-refractivity contribution < 1.29 is 34.6 Å². The zero-order valence-electron chi connectivity index (χ0n) is 5.80. The SMILES string of the molecule is O=C(O)CC(C(=O)O)C1OOO1. The first-order valence-corrected chi connectivity index (χ1v) is 3.04. The van der Waals surface area contributed by atoms with Crippen LogP contribution in [0.5, 0.6) is 0 Å². The molecule has 1 aliphatic heterocycles. The summed E-state index contributed by atoms with van der Waals surface area (Å²) < 4.78 is 0. The molecule has 1 fully saturated rings. The molecule has 0 aliphatic carbocycles. The van der Waals surface area contributed by atoms with E-state index in [-0.39, 0.29) is 0 Å². The zero-order chi connectivity index (χ0) is 9.14. The van der Waals surface area contributed by atoms with Gasteiger partial charge in [-0.25, -0.2) is 0 Å². The van der Waals surface area contributed by atoms with Crippen LogP contribution >= 0.6 is 0 Å². The van der Waals surface area contributed by atoms with Crippen LogP contribution in [0.2, 0.25) is 0 Å². The maximum absolute atomic E-state index is 10.4. The average Bonchev–Trinajstić information content (AvgIpc) is 1.80. The molecule has 2 N–H and O–H groups in total. The minimum Gasteiger partial charge on any atom is -0.481 e. The molecule has 12 heavy (non-hydrogen) atoms. The minimum atomic E-state index is -1.30. The summed E-state index contributed by atoms with van der Waals surface area (Å²) in [6.45, 7) is 0. The summed E-state index contributed by atoms with van der Waals surface area (Å²) in [5.74, 6) is -3.77. The first-order valence-electron chi connectivity index (χ1n) is 3.04. The molecule has 0 aromatic rings. The van der Waals surface area contributed by atoms with E-state index in [2.05, 4.69) is 14.8 Å². The van der Waals surface area contributed by atoms with E-state index < -0.39 is 30.6 Å². The first kappa shape index (κ1) is 8.91. The van der Waals surface area contributed by atoms with E-state index in [1.807, 2.05) is 0 Å². The molecule has 7 heteroatoms. The highest BCUT2D eigenvalue weighted by atomic mass is 17.6. The normalized spacial score (nSPS) is 19.7. The summed E-state index contributed by atoms with van der Waals surface area (Å²) in [6, 6.07) is 0. The van der Waals surface area contributed by atoms with Crippen molar-refractivity contribution in [1.82, 2.24) is 0 Å². The Morgan fingerprint density at radius 3 is 2.17 bits per heavy atom. The van der Waals surface area contributed by atoms with Crippen LogP contribution in [-0.4, -0.2) is 28.4 Å². The first-order chi connectivity index (χ1) is 5.61.